The monoisotopic (exact) mass is 234 g/mol. The van der Waals surface area contributed by atoms with Gasteiger partial charge in [0.1, 0.15) is 5.82 Å². The van der Waals surface area contributed by atoms with E-state index in [4.69, 9.17) is 4.74 Å². The Kier molecular flexibility index (Phi) is 2.71. The van der Waals surface area contributed by atoms with Gasteiger partial charge in [-0.25, -0.2) is 4.39 Å². The van der Waals surface area contributed by atoms with E-state index in [2.05, 4.69) is 0 Å². The van der Waals surface area contributed by atoms with Crippen molar-refractivity contribution >= 4 is 5.78 Å². The highest BCUT2D eigenvalue weighted by molar-refractivity contribution is 6.01. The van der Waals surface area contributed by atoms with Crippen molar-refractivity contribution in [1.82, 2.24) is 0 Å². The molecule has 2 aliphatic rings. The Morgan fingerprint density at radius 3 is 2.71 bits per heavy atom. The molecule has 1 aliphatic heterocycles. The maximum Gasteiger partial charge on any atom is 0.166 e. The number of ketones is 1. The van der Waals surface area contributed by atoms with Crippen LogP contribution >= 0.6 is 0 Å². The average Bonchev–Trinajstić information content (AvgIpc) is 2.74. The zero-order chi connectivity index (χ0) is 11.8. The highest BCUT2D eigenvalue weighted by Gasteiger charge is 2.29. The van der Waals surface area contributed by atoms with Crippen LogP contribution in [0.4, 0.5) is 4.39 Å². The largest absolute Gasteiger partial charge is 0.381 e. The molecule has 0 unspecified atom stereocenters. The van der Waals surface area contributed by atoms with Crippen LogP contribution < -0.4 is 0 Å². The maximum atomic E-state index is 13.6. The average molecular weight is 234 g/mol. The SMILES string of the molecule is O=C1CCc2c(C3CCOCC3)ccc(F)c21. The van der Waals surface area contributed by atoms with E-state index < -0.39 is 0 Å². The van der Waals surface area contributed by atoms with E-state index in [-0.39, 0.29) is 11.6 Å². The number of carbonyl (C=O) groups is 1. The first kappa shape index (κ1) is 10.9. The van der Waals surface area contributed by atoms with Gasteiger partial charge in [0.05, 0.1) is 5.56 Å². The van der Waals surface area contributed by atoms with Gasteiger partial charge in [-0.2, -0.15) is 0 Å². The molecule has 0 atom stereocenters. The predicted molar refractivity (Wildman–Crippen MR) is 61.8 cm³/mol. The fraction of sp³-hybridized carbons (Fsp3) is 0.500. The first-order valence-electron chi connectivity index (χ1n) is 6.19. The fourth-order valence-electron chi connectivity index (χ4n) is 2.96. The van der Waals surface area contributed by atoms with Gasteiger partial charge < -0.3 is 4.74 Å². The van der Waals surface area contributed by atoms with Gasteiger partial charge in [-0.3, -0.25) is 4.79 Å². The number of hydrogen-bond donors (Lipinski definition) is 0. The summed E-state index contributed by atoms with van der Waals surface area (Å²) < 4.78 is 19.0. The normalized spacial score (nSPS) is 20.6. The van der Waals surface area contributed by atoms with Gasteiger partial charge in [0.25, 0.3) is 0 Å². The summed E-state index contributed by atoms with van der Waals surface area (Å²) in [5, 5.41) is 0. The van der Waals surface area contributed by atoms with Crippen LogP contribution in [0.1, 0.15) is 46.7 Å². The molecule has 0 amide bonds. The highest BCUT2D eigenvalue weighted by atomic mass is 19.1. The summed E-state index contributed by atoms with van der Waals surface area (Å²) in [5.74, 6) is 0.0497. The molecule has 0 N–H and O–H groups in total. The molecule has 0 bridgehead atoms. The van der Waals surface area contributed by atoms with Crippen LogP contribution in [0.3, 0.4) is 0 Å². The lowest BCUT2D eigenvalue weighted by molar-refractivity contribution is 0.0851. The van der Waals surface area contributed by atoms with Crippen LogP contribution in [0, 0.1) is 5.82 Å². The zero-order valence-electron chi connectivity index (χ0n) is 9.67. The predicted octanol–water partition coefficient (Wildman–Crippen LogP) is 2.85. The van der Waals surface area contributed by atoms with E-state index in [0.29, 0.717) is 24.3 Å². The van der Waals surface area contributed by atoms with E-state index in [9.17, 15) is 9.18 Å². The quantitative estimate of drug-likeness (QED) is 0.746. The molecule has 1 heterocycles. The van der Waals surface area contributed by atoms with Crippen molar-refractivity contribution in [3.05, 3.63) is 34.6 Å². The molecule has 0 radical (unpaired) electrons. The second kappa shape index (κ2) is 4.22. The summed E-state index contributed by atoms with van der Waals surface area (Å²) in [5.41, 5.74) is 2.49. The minimum atomic E-state index is -0.349. The fourth-order valence-corrected chi connectivity index (χ4v) is 2.96. The maximum absolute atomic E-state index is 13.6. The van der Waals surface area contributed by atoms with Crippen LogP contribution in [0.5, 0.6) is 0 Å². The number of ether oxygens (including phenoxy) is 1. The lowest BCUT2D eigenvalue weighted by Gasteiger charge is -2.24. The third-order valence-corrected chi connectivity index (χ3v) is 3.84. The summed E-state index contributed by atoms with van der Waals surface area (Å²) in [6.45, 7) is 1.54. The zero-order valence-corrected chi connectivity index (χ0v) is 9.67. The Bertz CT molecular complexity index is 462. The van der Waals surface area contributed by atoms with Crippen molar-refractivity contribution in [3.63, 3.8) is 0 Å². The standard InChI is InChI=1S/C14H15FO2/c15-12-3-1-10(9-5-7-17-8-6-9)11-2-4-13(16)14(11)12/h1,3,9H,2,4-8H2. The van der Waals surface area contributed by atoms with E-state index >= 15 is 0 Å². The van der Waals surface area contributed by atoms with Gasteiger partial charge in [-0.1, -0.05) is 6.07 Å². The van der Waals surface area contributed by atoms with Crippen molar-refractivity contribution in [2.45, 2.75) is 31.6 Å². The molecular weight excluding hydrogens is 219 g/mol. The van der Waals surface area contributed by atoms with Crippen molar-refractivity contribution in [2.75, 3.05) is 13.2 Å². The van der Waals surface area contributed by atoms with Crippen molar-refractivity contribution < 1.29 is 13.9 Å². The van der Waals surface area contributed by atoms with Crippen LogP contribution in [0.15, 0.2) is 12.1 Å². The molecule has 0 spiro atoms. The molecule has 17 heavy (non-hydrogen) atoms. The molecule has 90 valence electrons. The molecule has 3 rings (SSSR count). The minimum Gasteiger partial charge on any atom is -0.381 e. The minimum absolute atomic E-state index is 0.0357. The molecule has 2 nitrogen and oxygen atoms in total. The molecule has 1 saturated heterocycles. The van der Waals surface area contributed by atoms with Gasteiger partial charge in [0.15, 0.2) is 5.78 Å². The number of fused-ring (bicyclic) bond motifs is 1. The highest BCUT2D eigenvalue weighted by Crippen LogP contribution is 2.35. The second-order valence-electron chi connectivity index (χ2n) is 4.80. The Morgan fingerprint density at radius 2 is 1.94 bits per heavy atom. The molecule has 1 fully saturated rings. The molecule has 0 aromatic heterocycles. The summed E-state index contributed by atoms with van der Waals surface area (Å²) in [7, 11) is 0. The number of Topliss-reactive ketones (excluding diaryl/α,β-unsaturated/α-hetero) is 1. The molecule has 1 aromatic rings. The summed E-state index contributed by atoms with van der Waals surface area (Å²) in [4.78, 5) is 11.7. The molecule has 1 aromatic carbocycles. The number of benzene rings is 1. The van der Waals surface area contributed by atoms with Gasteiger partial charge in [0.2, 0.25) is 0 Å². The van der Waals surface area contributed by atoms with Crippen LogP contribution in [0.25, 0.3) is 0 Å². The van der Waals surface area contributed by atoms with Gasteiger partial charge >= 0.3 is 0 Å². The first-order chi connectivity index (χ1) is 8.27. The number of hydrogen-bond acceptors (Lipinski definition) is 2. The number of carbonyl (C=O) groups excluding carboxylic acids is 1. The summed E-state index contributed by atoms with van der Waals surface area (Å²) >= 11 is 0. The van der Waals surface area contributed by atoms with Crippen LogP contribution in [-0.2, 0) is 11.2 Å². The molecule has 1 aliphatic carbocycles. The van der Waals surface area contributed by atoms with Crippen molar-refractivity contribution in [2.24, 2.45) is 0 Å². The van der Waals surface area contributed by atoms with Crippen molar-refractivity contribution in [1.29, 1.82) is 0 Å². The lowest BCUT2D eigenvalue weighted by atomic mass is 9.87. The molecule has 0 saturated carbocycles. The summed E-state index contributed by atoms with van der Waals surface area (Å²) in [6.07, 6.45) is 3.13. The Morgan fingerprint density at radius 1 is 1.18 bits per heavy atom. The van der Waals surface area contributed by atoms with Crippen LogP contribution in [0.2, 0.25) is 0 Å². The Balaban J connectivity index is 2.03. The smallest absolute Gasteiger partial charge is 0.166 e. The van der Waals surface area contributed by atoms with Gasteiger partial charge in [-0.15, -0.1) is 0 Å². The second-order valence-corrected chi connectivity index (χ2v) is 4.80. The number of halogens is 1. The number of rotatable bonds is 1. The summed E-state index contributed by atoms with van der Waals surface area (Å²) in [6, 6.07) is 3.32. The van der Waals surface area contributed by atoms with E-state index in [0.717, 1.165) is 31.6 Å². The van der Waals surface area contributed by atoms with E-state index in [1.807, 2.05) is 6.07 Å². The van der Waals surface area contributed by atoms with E-state index in [1.165, 1.54) is 11.6 Å². The van der Waals surface area contributed by atoms with Crippen molar-refractivity contribution in [3.8, 4) is 0 Å². The molecular formula is C14H15FO2. The topological polar surface area (TPSA) is 26.3 Å². The van der Waals surface area contributed by atoms with Gasteiger partial charge in [-0.05, 0) is 42.4 Å². The first-order valence-corrected chi connectivity index (χ1v) is 6.19. The van der Waals surface area contributed by atoms with E-state index in [1.54, 1.807) is 0 Å². The Labute approximate surface area is 99.8 Å². The van der Waals surface area contributed by atoms with Gasteiger partial charge in [0, 0.05) is 19.6 Å². The van der Waals surface area contributed by atoms with Crippen LogP contribution in [-0.4, -0.2) is 19.0 Å². The third-order valence-electron chi connectivity index (χ3n) is 3.84. The lowest BCUT2D eigenvalue weighted by Crippen LogP contribution is -2.15. The third kappa shape index (κ3) is 1.78. The molecule has 3 heteroatoms. The Hall–Kier alpha value is -1.22.